The van der Waals surface area contributed by atoms with Gasteiger partial charge in [-0.1, -0.05) is 13.8 Å². The molecule has 3 aliphatic heterocycles. The average Bonchev–Trinajstić information content (AvgIpc) is 3.75. The van der Waals surface area contributed by atoms with E-state index < -0.39 is 0 Å². The summed E-state index contributed by atoms with van der Waals surface area (Å²) in [7, 11) is 0. The van der Waals surface area contributed by atoms with Crippen LogP contribution >= 0.6 is 0 Å². The first-order valence-electron chi connectivity index (χ1n) is 13.0. The number of likely N-dealkylation sites (tertiary alicyclic amines) is 1. The van der Waals surface area contributed by atoms with Crippen LogP contribution in [0.2, 0.25) is 0 Å². The van der Waals surface area contributed by atoms with Crippen molar-refractivity contribution in [2.24, 2.45) is 39.2 Å². The van der Waals surface area contributed by atoms with Crippen molar-refractivity contribution in [1.29, 1.82) is 5.41 Å². The van der Waals surface area contributed by atoms with Crippen molar-refractivity contribution in [1.82, 2.24) is 15.5 Å². The number of fused-ring (bicyclic) bond motifs is 1. The minimum atomic E-state index is 0.191. The van der Waals surface area contributed by atoms with Gasteiger partial charge in [-0.15, -0.1) is 0 Å². The molecule has 0 radical (unpaired) electrons. The fourth-order valence-corrected chi connectivity index (χ4v) is 4.48. The second kappa shape index (κ2) is 11.9. The summed E-state index contributed by atoms with van der Waals surface area (Å²) in [4.78, 5) is 23.4. The Labute approximate surface area is 219 Å². The summed E-state index contributed by atoms with van der Waals surface area (Å²) >= 11 is 0. The summed E-state index contributed by atoms with van der Waals surface area (Å²) in [5.41, 5.74) is 16.3. The van der Waals surface area contributed by atoms with Gasteiger partial charge in [-0.3, -0.25) is 9.79 Å². The highest BCUT2D eigenvalue weighted by molar-refractivity contribution is 5.97. The quantitative estimate of drug-likeness (QED) is 0.243. The number of nitrogens with zero attached hydrogens (tertiary/aromatic N) is 3. The molecule has 0 spiro atoms. The standard InChI is InChI=1S/C28H38N8O/c1-18(2)21(13-29)12-26(31)35-27-6-5-24-25(34-27)11-22(17-33-24)23(14-30)16-32-15-19-7-9-36(10-8-19)28(37)20-3-4-20/h5-6,11-14,16-20,29,33-34H,3-4,7-10,15,30H2,1-2H3,(H2,31,35). The third-order valence-electron chi connectivity index (χ3n) is 7.00. The number of allylic oxidation sites excluding steroid dienone is 6. The first-order valence-corrected chi connectivity index (χ1v) is 13.0. The first kappa shape index (κ1) is 26.2. The molecule has 0 bridgehead atoms. The second-order valence-electron chi connectivity index (χ2n) is 10.2. The number of carbonyl (C=O) groups is 1. The molecule has 0 aromatic carbocycles. The molecule has 0 aromatic heterocycles. The molecule has 4 aliphatic rings. The molecular formula is C28H38N8O. The van der Waals surface area contributed by atoms with Gasteiger partial charge in [-0.25, -0.2) is 4.99 Å². The number of aliphatic imine (C=N–C) groups is 2. The third-order valence-corrected chi connectivity index (χ3v) is 7.00. The summed E-state index contributed by atoms with van der Waals surface area (Å²) in [5.74, 6) is 2.26. The van der Waals surface area contributed by atoms with E-state index in [1.54, 1.807) is 12.3 Å². The zero-order valence-electron chi connectivity index (χ0n) is 21.7. The fraction of sp³-hybridized carbons (Fsp3) is 0.429. The van der Waals surface area contributed by atoms with E-state index in [2.05, 4.69) is 20.6 Å². The number of nitrogens with one attached hydrogen (secondary N) is 3. The summed E-state index contributed by atoms with van der Waals surface area (Å²) in [6, 6.07) is 0. The number of amides is 1. The van der Waals surface area contributed by atoms with Crippen molar-refractivity contribution >= 4 is 24.2 Å². The molecule has 9 heteroatoms. The lowest BCUT2D eigenvalue weighted by atomic mass is 9.96. The Balaban J connectivity index is 1.33. The van der Waals surface area contributed by atoms with Crippen molar-refractivity contribution < 1.29 is 4.79 Å². The number of piperidine rings is 1. The van der Waals surface area contributed by atoms with E-state index in [0.29, 0.717) is 29.4 Å². The van der Waals surface area contributed by atoms with Crippen LogP contribution in [0.15, 0.2) is 80.6 Å². The van der Waals surface area contributed by atoms with Crippen LogP contribution in [0.5, 0.6) is 0 Å². The lowest BCUT2D eigenvalue weighted by Gasteiger charge is -2.31. The molecule has 1 amide bonds. The predicted molar refractivity (Wildman–Crippen MR) is 150 cm³/mol. The zero-order chi connectivity index (χ0) is 26.4. The molecule has 0 aromatic rings. The molecule has 1 saturated heterocycles. The van der Waals surface area contributed by atoms with Crippen LogP contribution in [-0.4, -0.2) is 48.7 Å². The molecule has 37 heavy (non-hydrogen) atoms. The molecule has 1 aliphatic carbocycles. The Morgan fingerprint density at radius 3 is 2.62 bits per heavy atom. The fourth-order valence-electron chi connectivity index (χ4n) is 4.48. The Kier molecular flexibility index (Phi) is 8.43. The molecule has 0 unspecified atom stereocenters. The van der Waals surface area contributed by atoms with Crippen LogP contribution in [-0.2, 0) is 4.79 Å². The minimum absolute atomic E-state index is 0.191. The van der Waals surface area contributed by atoms with Crippen molar-refractivity contribution in [2.75, 3.05) is 19.6 Å². The van der Waals surface area contributed by atoms with E-state index in [4.69, 9.17) is 16.9 Å². The van der Waals surface area contributed by atoms with Crippen LogP contribution in [0.3, 0.4) is 0 Å². The van der Waals surface area contributed by atoms with Gasteiger partial charge in [0.15, 0.2) is 0 Å². The molecule has 3 heterocycles. The van der Waals surface area contributed by atoms with Crippen LogP contribution in [0, 0.1) is 23.2 Å². The van der Waals surface area contributed by atoms with Crippen molar-refractivity contribution in [3.8, 4) is 0 Å². The highest BCUT2D eigenvalue weighted by Crippen LogP contribution is 2.32. The largest absolute Gasteiger partial charge is 0.404 e. The highest BCUT2D eigenvalue weighted by atomic mass is 16.2. The maximum atomic E-state index is 12.3. The summed E-state index contributed by atoms with van der Waals surface area (Å²) in [6.45, 7) is 6.43. The van der Waals surface area contributed by atoms with Gasteiger partial charge in [-0.2, -0.15) is 0 Å². The van der Waals surface area contributed by atoms with Gasteiger partial charge in [0.1, 0.15) is 11.7 Å². The number of dihydropyridines is 2. The molecular weight excluding hydrogens is 464 g/mol. The molecule has 0 atom stereocenters. The van der Waals surface area contributed by atoms with Crippen LogP contribution in [0.1, 0.15) is 39.5 Å². The van der Waals surface area contributed by atoms with E-state index >= 15 is 0 Å². The first-order chi connectivity index (χ1) is 17.9. The zero-order valence-corrected chi connectivity index (χ0v) is 21.7. The summed E-state index contributed by atoms with van der Waals surface area (Å²) in [6.07, 6.45) is 18.2. The Bertz CT molecular complexity index is 1150. The van der Waals surface area contributed by atoms with Crippen LogP contribution in [0.25, 0.3) is 0 Å². The predicted octanol–water partition coefficient (Wildman–Crippen LogP) is 2.84. The van der Waals surface area contributed by atoms with Crippen LogP contribution in [0.4, 0.5) is 0 Å². The van der Waals surface area contributed by atoms with Gasteiger partial charge in [0.25, 0.3) is 0 Å². The number of amidine groups is 1. The maximum absolute atomic E-state index is 12.3. The Morgan fingerprint density at radius 1 is 1.22 bits per heavy atom. The normalized spacial score (nSPS) is 21.5. The molecule has 4 rings (SSSR count). The molecule has 1 saturated carbocycles. The van der Waals surface area contributed by atoms with Crippen LogP contribution < -0.4 is 22.1 Å². The van der Waals surface area contributed by atoms with Gasteiger partial charge in [-0.05, 0) is 67.4 Å². The van der Waals surface area contributed by atoms with E-state index in [-0.39, 0.29) is 5.92 Å². The van der Waals surface area contributed by atoms with Crippen molar-refractivity contribution in [2.45, 2.75) is 39.5 Å². The molecule has 2 fully saturated rings. The van der Waals surface area contributed by atoms with Gasteiger partial charge in [0.2, 0.25) is 5.91 Å². The van der Waals surface area contributed by atoms with E-state index in [1.807, 2.05) is 49.4 Å². The lowest BCUT2D eigenvalue weighted by molar-refractivity contribution is -0.133. The average molecular weight is 503 g/mol. The minimum Gasteiger partial charge on any atom is -0.404 e. The monoisotopic (exact) mass is 502 g/mol. The number of rotatable bonds is 9. The number of hydrogen-bond donors (Lipinski definition) is 5. The molecule has 9 nitrogen and oxygen atoms in total. The maximum Gasteiger partial charge on any atom is 0.225 e. The van der Waals surface area contributed by atoms with E-state index in [0.717, 1.165) is 73.4 Å². The highest BCUT2D eigenvalue weighted by Gasteiger charge is 2.34. The van der Waals surface area contributed by atoms with Gasteiger partial charge >= 0.3 is 0 Å². The smallest absolute Gasteiger partial charge is 0.225 e. The topological polar surface area (TPSA) is 145 Å². The number of carbonyl (C=O) groups excluding carboxylic acids is 1. The lowest BCUT2D eigenvalue weighted by Crippen LogP contribution is -2.39. The number of hydrogen-bond acceptors (Lipinski definition) is 7. The number of nitrogens with two attached hydrogens (primary N) is 2. The van der Waals surface area contributed by atoms with Gasteiger partial charge in [0, 0.05) is 61.5 Å². The van der Waals surface area contributed by atoms with Gasteiger partial charge < -0.3 is 32.4 Å². The van der Waals surface area contributed by atoms with E-state index in [9.17, 15) is 4.79 Å². The summed E-state index contributed by atoms with van der Waals surface area (Å²) < 4.78 is 0. The summed E-state index contributed by atoms with van der Waals surface area (Å²) in [5, 5.41) is 14.1. The molecule has 196 valence electrons. The third kappa shape index (κ3) is 6.87. The van der Waals surface area contributed by atoms with Crippen molar-refractivity contribution in [3.63, 3.8) is 0 Å². The second-order valence-corrected chi connectivity index (χ2v) is 10.2. The Hall–Kier alpha value is -3.88. The van der Waals surface area contributed by atoms with Gasteiger partial charge in [0.05, 0.1) is 11.4 Å². The SMILES string of the molecule is CC(C)C(C=N)=CC(N)=NC1=CC=C2NC=C(C(C=NCC3CCN(C(=O)C4CC4)CC3)=CN)C=C2N1. The Morgan fingerprint density at radius 2 is 1.97 bits per heavy atom. The van der Waals surface area contributed by atoms with E-state index in [1.165, 1.54) is 6.21 Å². The van der Waals surface area contributed by atoms with Crippen molar-refractivity contribution in [3.05, 3.63) is 70.6 Å². The molecule has 7 N–H and O–H groups in total.